The summed E-state index contributed by atoms with van der Waals surface area (Å²) in [4.78, 5) is 19.9. The summed E-state index contributed by atoms with van der Waals surface area (Å²) in [5, 5.41) is 0.597. The zero-order valence-electron chi connectivity index (χ0n) is 14.4. The number of benzene rings is 2. The molecule has 5 heteroatoms. The molecule has 2 aliphatic rings. The quantitative estimate of drug-likeness (QED) is 0.786. The molecule has 1 fully saturated rings. The van der Waals surface area contributed by atoms with Crippen molar-refractivity contribution < 1.29 is 4.79 Å². The first kappa shape index (κ1) is 16.4. The Bertz CT molecular complexity index is 794. The number of nitrogens with zero attached hydrogens (tertiary/aromatic N) is 3. The molecule has 0 bridgehead atoms. The molecule has 0 aliphatic carbocycles. The summed E-state index contributed by atoms with van der Waals surface area (Å²) in [6.45, 7) is 4.38. The fourth-order valence-corrected chi connectivity index (χ4v) is 4.08. The lowest BCUT2D eigenvalue weighted by Gasteiger charge is -2.41. The molecule has 1 atom stereocenters. The zero-order valence-corrected chi connectivity index (χ0v) is 15.1. The molecule has 0 N–H and O–H groups in total. The number of hydrogen-bond donors (Lipinski definition) is 0. The van der Waals surface area contributed by atoms with Crippen LogP contribution in [0.1, 0.15) is 15.9 Å². The fraction of sp³-hybridized carbons (Fsp3) is 0.350. The van der Waals surface area contributed by atoms with Gasteiger partial charge in [0.05, 0.1) is 6.04 Å². The molecule has 0 spiro atoms. The lowest BCUT2D eigenvalue weighted by atomic mass is 10.1. The maximum atomic E-state index is 13.1. The second kappa shape index (κ2) is 6.70. The van der Waals surface area contributed by atoms with Crippen LogP contribution in [0.5, 0.6) is 0 Å². The first-order chi connectivity index (χ1) is 12.1. The van der Waals surface area contributed by atoms with Crippen LogP contribution in [0, 0.1) is 0 Å². The van der Waals surface area contributed by atoms with Gasteiger partial charge in [-0.05, 0) is 36.9 Å². The van der Waals surface area contributed by atoms with E-state index in [1.165, 1.54) is 11.3 Å². The van der Waals surface area contributed by atoms with Crippen molar-refractivity contribution >= 4 is 23.2 Å². The number of likely N-dealkylation sites (N-methyl/N-ethyl adjacent to an activating group) is 1. The van der Waals surface area contributed by atoms with E-state index in [1.54, 1.807) is 12.1 Å². The number of para-hydroxylation sites is 1. The van der Waals surface area contributed by atoms with Gasteiger partial charge in [-0.2, -0.15) is 0 Å². The van der Waals surface area contributed by atoms with Crippen LogP contribution in [0.25, 0.3) is 0 Å². The Morgan fingerprint density at radius 2 is 1.92 bits per heavy atom. The van der Waals surface area contributed by atoms with Crippen LogP contribution in [0.3, 0.4) is 0 Å². The van der Waals surface area contributed by atoms with Crippen LogP contribution < -0.4 is 4.90 Å². The second-order valence-corrected chi connectivity index (χ2v) is 7.37. The second-order valence-electron chi connectivity index (χ2n) is 6.93. The lowest BCUT2D eigenvalue weighted by Crippen LogP contribution is -2.55. The van der Waals surface area contributed by atoms with Crippen molar-refractivity contribution in [2.24, 2.45) is 0 Å². The molecule has 0 radical (unpaired) electrons. The maximum Gasteiger partial charge on any atom is 0.254 e. The number of carbonyl (C=O) groups is 1. The van der Waals surface area contributed by atoms with Crippen molar-refractivity contribution in [3.8, 4) is 0 Å². The zero-order chi connectivity index (χ0) is 17.4. The Balaban J connectivity index is 1.69. The SMILES string of the molecule is CN1CCN2c3ccccc3CN(C(=O)c3cccc(Cl)c3)CC2C1. The van der Waals surface area contributed by atoms with E-state index in [1.807, 2.05) is 17.0 Å². The number of fused-ring (bicyclic) bond motifs is 3. The Morgan fingerprint density at radius 1 is 1.08 bits per heavy atom. The van der Waals surface area contributed by atoms with Gasteiger partial charge in [0.2, 0.25) is 0 Å². The Labute approximate surface area is 153 Å². The third kappa shape index (κ3) is 3.24. The van der Waals surface area contributed by atoms with Crippen molar-refractivity contribution in [1.29, 1.82) is 0 Å². The summed E-state index contributed by atoms with van der Waals surface area (Å²) in [7, 11) is 2.15. The Hall–Kier alpha value is -2.04. The van der Waals surface area contributed by atoms with E-state index in [4.69, 9.17) is 11.6 Å². The van der Waals surface area contributed by atoms with E-state index in [0.29, 0.717) is 23.2 Å². The molecule has 1 amide bonds. The molecule has 130 valence electrons. The van der Waals surface area contributed by atoms with Crippen LogP contribution in [-0.4, -0.2) is 55.0 Å². The van der Waals surface area contributed by atoms with Gasteiger partial charge in [-0.3, -0.25) is 4.79 Å². The minimum atomic E-state index is 0.0485. The maximum absolute atomic E-state index is 13.1. The first-order valence-electron chi connectivity index (χ1n) is 8.70. The number of rotatable bonds is 1. The van der Waals surface area contributed by atoms with Crippen LogP contribution in [-0.2, 0) is 6.54 Å². The van der Waals surface area contributed by atoms with Crippen LogP contribution >= 0.6 is 11.6 Å². The third-order valence-corrected chi connectivity index (χ3v) is 5.37. The lowest BCUT2D eigenvalue weighted by molar-refractivity contribution is 0.0724. The van der Waals surface area contributed by atoms with Crippen LogP contribution in [0.15, 0.2) is 48.5 Å². The molecule has 1 saturated heterocycles. The summed E-state index contributed by atoms with van der Waals surface area (Å²) in [6, 6.07) is 16.0. The minimum Gasteiger partial charge on any atom is -0.364 e. The summed E-state index contributed by atoms with van der Waals surface area (Å²) in [5.74, 6) is 0.0485. The monoisotopic (exact) mass is 355 g/mol. The standard InChI is InChI=1S/C20H22ClN3O/c1-22-9-10-24-18(13-22)14-23(12-16-5-2-3-8-19(16)24)20(25)15-6-4-7-17(21)11-15/h2-8,11,18H,9-10,12-14H2,1H3. The van der Waals surface area contributed by atoms with E-state index in [2.05, 4.69) is 41.1 Å². The molecule has 2 aromatic carbocycles. The summed E-state index contributed by atoms with van der Waals surface area (Å²) < 4.78 is 0. The smallest absolute Gasteiger partial charge is 0.254 e. The van der Waals surface area contributed by atoms with Gasteiger partial charge < -0.3 is 14.7 Å². The highest BCUT2D eigenvalue weighted by atomic mass is 35.5. The van der Waals surface area contributed by atoms with Gasteiger partial charge in [-0.1, -0.05) is 35.9 Å². The Kier molecular flexibility index (Phi) is 4.40. The van der Waals surface area contributed by atoms with Gasteiger partial charge in [-0.15, -0.1) is 0 Å². The van der Waals surface area contributed by atoms with Crippen LogP contribution in [0.2, 0.25) is 5.02 Å². The highest BCUT2D eigenvalue weighted by molar-refractivity contribution is 6.30. The highest BCUT2D eigenvalue weighted by Gasteiger charge is 2.33. The summed E-state index contributed by atoms with van der Waals surface area (Å²) in [5.41, 5.74) is 3.13. The van der Waals surface area contributed by atoms with Gasteiger partial charge in [0.1, 0.15) is 0 Å². The predicted molar refractivity (Wildman–Crippen MR) is 101 cm³/mol. The molecule has 2 heterocycles. The van der Waals surface area contributed by atoms with Gasteiger partial charge in [0, 0.05) is 49.0 Å². The molecule has 2 aromatic rings. The van der Waals surface area contributed by atoms with Crippen molar-refractivity contribution in [3.63, 3.8) is 0 Å². The van der Waals surface area contributed by atoms with E-state index in [-0.39, 0.29) is 5.91 Å². The van der Waals surface area contributed by atoms with Gasteiger partial charge in [0.15, 0.2) is 0 Å². The number of halogens is 1. The molecule has 2 aliphatic heterocycles. The molecule has 0 saturated carbocycles. The number of carbonyl (C=O) groups excluding carboxylic acids is 1. The Morgan fingerprint density at radius 3 is 2.76 bits per heavy atom. The highest BCUT2D eigenvalue weighted by Crippen LogP contribution is 2.30. The molecule has 4 nitrogen and oxygen atoms in total. The van der Waals surface area contributed by atoms with Gasteiger partial charge in [0.25, 0.3) is 5.91 Å². The van der Waals surface area contributed by atoms with Crippen LogP contribution in [0.4, 0.5) is 5.69 Å². The van der Waals surface area contributed by atoms with Crippen molar-refractivity contribution in [2.75, 3.05) is 38.1 Å². The van der Waals surface area contributed by atoms with E-state index >= 15 is 0 Å². The average Bonchev–Trinajstić information content (AvgIpc) is 2.77. The number of anilines is 1. The molecule has 1 unspecified atom stereocenters. The molecule has 25 heavy (non-hydrogen) atoms. The van der Waals surface area contributed by atoms with E-state index in [9.17, 15) is 4.79 Å². The largest absolute Gasteiger partial charge is 0.364 e. The number of hydrogen-bond acceptors (Lipinski definition) is 3. The van der Waals surface area contributed by atoms with E-state index in [0.717, 1.165) is 26.2 Å². The predicted octanol–water partition coefficient (Wildman–Crippen LogP) is 3.12. The number of piperazine rings is 1. The third-order valence-electron chi connectivity index (χ3n) is 5.14. The minimum absolute atomic E-state index is 0.0485. The van der Waals surface area contributed by atoms with Crippen molar-refractivity contribution in [2.45, 2.75) is 12.6 Å². The molecular formula is C20H22ClN3O. The molecule has 0 aromatic heterocycles. The summed E-state index contributed by atoms with van der Waals surface area (Å²) >= 11 is 6.09. The topological polar surface area (TPSA) is 26.8 Å². The fourth-order valence-electron chi connectivity index (χ4n) is 3.89. The average molecular weight is 356 g/mol. The van der Waals surface area contributed by atoms with Crippen molar-refractivity contribution in [1.82, 2.24) is 9.80 Å². The number of amides is 1. The normalized spacial score (nSPS) is 20.6. The van der Waals surface area contributed by atoms with Gasteiger partial charge in [-0.25, -0.2) is 0 Å². The van der Waals surface area contributed by atoms with Crippen molar-refractivity contribution in [3.05, 3.63) is 64.7 Å². The molecular weight excluding hydrogens is 334 g/mol. The first-order valence-corrected chi connectivity index (χ1v) is 9.07. The van der Waals surface area contributed by atoms with Gasteiger partial charge >= 0.3 is 0 Å². The summed E-state index contributed by atoms with van der Waals surface area (Å²) in [6.07, 6.45) is 0. The van der Waals surface area contributed by atoms with E-state index < -0.39 is 0 Å². The molecule has 4 rings (SSSR count).